The Kier molecular flexibility index (Phi) is 4.79. The number of hydrogen-bond donors (Lipinski definition) is 0. The van der Waals surface area contributed by atoms with E-state index in [1.54, 1.807) is 6.92 Å². The fourth-order valence-electron chi connectivity index (χ4n) is 1.18. The molecule has 0 fully saturated rings. The van der Waals surface area contributed by atoms with Crippen molar-refractivity contribution in [3.63, 3.8) is 0 Å². The third kappa shape index (κ3) is 3.55. The highest BCUT2D eigenvalue weighted by atomic mass is 16.6. The van der Waals surface area contributed by atoms with E-state index in [4.69, 9.17) is 4.74 Å². The van der Waals surface area contributed by atoms with Crippen molar-refractivity contribution in [2.24, 2.45) is 0 Å². The minimum absolute atomic E-state index is 0.0346. The van der Waals surface area contributed by atoms with Gasteiger partial charge in [0.1, 0.15) is 5.69 Å². The number of nitro groups is 1. The number of nitrogens with zero attached hydrogens (tertiary/aromatic N) is 2. The van der Waals surface area contributed by atoms with Gasteiger partial charge < -0.3 is 9.47 Å². The average Bonchev–Trinajstić information content (AvgIpc) is 2.36. The third-order valence-corrected chi connectivity index (χ3v) is 1.95. The molecular weight excluding hydrogens is 240 g/mol. The number of carbonyl (C=O) groups is 1. The zero-order valence-corrected chi connectivity index (χ0v) is 9.95. The van der Waals surface area contributed by atoms with E-state index in [1.807, 2.05) is 0 Å². The van der Waals surface area contributed by atoms with Crippen LogP contribution in [0, 0.1) is 10.1 Å². The molecule has 0 radical (unpaired) electrons. The van der Waals surface area contributed by atoms with Crippen LogP contribution in [0.3, 0.4) is 0 Å². The second kappa shape index (κ2) is 6.33. The van der Waals surface area contributed by atoms with Gasteiger partial charge in [-0.05, 0) is 13.0 Å². The number of esters is 1. The molecule has 0 bridgehead atoms. The van der Waals surface area contributed by atoms with Crippen LogP contribution in [0.5, 0.6) is 5.88 Å². The predicted octanol–water partition coefficient (Wildman–Crippen LogP) is 1.57. The number of rotatable bonds is 5. The molecule has 1 heterocycles. The molecule has 0 saturated heterocycles. The van der Waals surface area contributed by atoms with Gasteiger partial charge in [0.2, 0.25) is 5.88 Å². The van der Waals surface area contributed by atoms with Crippen LogP contribution in [0.2, 0.25) is 0 Å². The Bertz CT molecular complexity index is 484. The van der Waals surface area contributed by atoms with Crippen LogP contribution in [-0.2, 0) is 9.53 Å². The minimum Gasteiger partial charge on any atom is -0.481 e. The molecule has 7 nitrogen and oxygen atoms in total. The van der Waals surface area contributed by atoms with E-state index in [0.717, 1.165) is 6.08 Å². The van der Waals surface area contributed by atoms with Crippen LogP contribution in [0.4, 0.5) is 5.69 Å². The van der Waals surface area contributed by atoms with Gasteiger partial charge in [0.05, 0.1) is 18.6 Å². The number of aromatic nitrogens is 1. The lowest BCUT2D eigenvalue weighted by Gasteiger charge is -2.01. The van der Waals surface area contributed by atoms with Gasteiger partial charge in [-0.3, -0.25) is 10.1 Å². The van der Waals surface area contributed by atoms with E-state index in [0.29, 0.717) is 0 Å². The summed E-state index contributed by atoms with van der Waals surface area (Å²) < 4.78 is 9.53. The maximum atomic E-state index is 11.1. The molecule has 1 aromatic heterocycles. The van der Waals surface area contributed by atoms with E-state index in [9.17, 15) is 14.9 Å². The van der Waals surface area contributed by atoms with Gasteiger partial charge in [0.25, 0.3) is 5.69 Å². The van der Waals surface area contributed by atoms with Crippen LogP contribution in [0.25, 0.3) is 6.08 Å². The monoisotopic (exact) mass is 252 g/mol. The Morgan fingerprint density at radius 1 is 1.56 bits per heavy atom. The Hall–Kier alpha value is -2.44. The lowest BCUT2D eigenvalue weighted by molar-refractivity contribution is -0.385. The molecule has 1 rings (SSSR count). The molecule has 18 heavy (non-hydrogen) atoms. The summed E-state index contributed by atoms with van der Waals surface area (Å²) in [5.74, 6) is -0.361. The summed E-state index contributed by atoms with van der Waals surface area (Å²) in [6, 6.07) is 2.64. The highest BCUT2D eigenvalue weighted by Crippen LogP contribution is 2.21. The standard InChI is InChI=1S/C11H12N2O5/c1-3-18-11(14)7-4-8-9(13(15)16)5-6-10(12-8)17-2/h4-7H,3H2,1-2H3. The summed E-state index contributed by atoms with van der Waals surface area (Å²) >= 11 is 0. The molecule has 0 atom stereocenters. The highest BCUT2D eigenvalue weighted by molar-refractivity contribution is 5.87. The highest BCUT2D eigenvalue weighted by Gasteiger charge is 2.14. The SMILES string of the molecule is CCOC(=O)C=Cc1nc(OC)ccc1[N+](=O)[O-]. The van der Waals surface area contributed by atoms with Crippen molar-refractivity contribution in [1.82, 2.24) is 4.98 Å². The average molecular weight is 252 g/mol. The van der Waals surface area contributed by atoms with Crippen molar-refractivity contribution >= 4 is 17.7 Å². The molecule has 7 heteroatoms. The van der Waals surface area contributed by atoms with Crippen LogP contribution in [-0.4, -0.2) is 29.6 Å². The van der Waals surface area contributed by atoms with Crippen molar-refractivity contribution in [3.8, 4) is 5.88 Å². The Labute approximate surface area is 103 Å². The predicted molar refractivity (Wildman–Crippen MR) is 63.1 cm³/mol. The van der Waals surface area contributed by atoms with Crippen molar-refractivity contribution in [2.45, 2.75) is 6.92 Å². The van der Waals surface area contributed by atoms with E-state index >= 15 is 0 Å². The smallest absolute Gasteiger partial charge is 0.330 e. The first-order valence-corrected chi connectivity index (χ1v) is 5.12. The van der Waals surface area contributed by atoms with E-state index < -0.39 is 10.9 Å². The van der Waals surface area contributed by atoms with Gasteiger partial charge in [0.15, 0.2) is 0 Å². The van der Waals surface area contributed by atoms with Crippen molar-refractivity contribution < 1.29 is 19.2 Å². The van der Waals surface area contributed by atoms with E-state index in [2.05, 4.69) is 9.72 Å². The van der Waals surface area contributed by atoms with Crippen molar-refractivity contribution in [3.05, 3.63) is 34.0 Å². The number of pyridine rings is 1. The van der Waals surface area contributed by atoms with Gasteiger partial charge in [-0.25, -0.2) is 9.78 Å². The quantitative estimate of drug-likeness (QED) is 0.342. The summed E-state index contributed by atoms with van der Waals surface area (Å²) in [7, 11) is 1.40. The van der Waals surface area contributed by atoms with Crippen LogP contribution in [0.15, 0.2) is 18.2 Å². The fourth-order valence-corrected chi connectivity index (χ4v) is 1.18. The van der Waals surface area contributed by atoms with Gasteiger partial charge in [-0.1, -0.05) is 0 Å². The molecule has 0 N–H and O–H groups in total. The summed E-state index contributed by atoms with van der Waals surface area (Å²) in [4.78, 5) is 25.2. The van der Waals surface area contributed by atoms with Gasteiger partial charge in [-0.2, -0.15) is 0 Å². The van der Waals surface area contributed by atoms with Crippen molar-refractivity contribution in [1.29, 1.82) is 0 Å². The third-order valence-electron chi connectivity index (χ3n) is 1.95. The summed E-state index contributed by atoms with van der Waals surface area (Å²) in [6.45, 7) is 1.90. The number of methoxy groups -OCH3 is 1. The van der Waals surface area contributed by atoms with E-state index in [1.165, 1.54) is 25.3 Å². The van der Waals surface area contributed by atoms with Gasteiger partial charge in [0, 0.05) is 18.2 Å². The Balaban J connectivity index is 3.04. The van der Waals surface area contributed by atoms with E-state index in [-0.39, 0.29) is 23.9 Å². The first-order valence-electron chi connectivity index (χ1n) is 5.12. The van der Waals surface area contributed by atoms with Gasteiger partial charge >= 0.3 is 5.97 Å². The largest absolute Gasteiger partial charge is 0.481 e. The second-order valence-corrected chi connectivity index (χ2v) is 3.10. The first kappa shape index (κ1) is 13.6. The molecular formula is C11H12N2O5. The molecule has 0 aromatic carbocycles. The maximum Gasteiger partial charge on any atom is 0.330 e. The van der Waals surface area contributed by atoms with Crippen LogP contribution in [0.1, 0.15) is 12.6 Å². The normalized spacial score (nSPS) is 10.3. The number of carbonyl (C=O) groups excluding carboxylic acids is 1. The number of hydrogen-bond acceptors (Lipinski definition) is 6. The second-order valence-electron chi connectivity index (χ2n) is 3.10. The molecule has 0 aliphatic rings. The molecule has 0 amide bonds. The lowest BCUT2D eigenvalue weighted by atomic mass is 10.2. The summed E-state index contributed by atoms with van der Waals surface area (Å²) in [5, 5.41) is 10.8. The zero-order chi connectivity index (χ0) is 13.5. The lowest BCUT2D eigenvalue weighted by Crippen LogP contribution is -2.00. The molecule has 0 aliphatic heterocycles. The van der Waals surface area contributed by atoms with Gasteiger partial charge in [-0.15, -0.1) is 0 Å². The molecule has 0 saturated carbocycles. The minimum atomic E-state index is -0.587. The molecule has 1 aromatic rings. The first-order chi connectivity index (χ1) is 8.58. The maximum absolute atomic E-state index is 11.1. The molecule has 0 spiro atoms. The van der Waals surface area contributed by atoms with Crippen molar-refractivity contribution in [2.75, 3.05) is 13.7 Å². The van der Waals surface area contributed by atoms with Crippen LogP contribution < -0.4 is 4.74 Å². The topological polar surface area (TPSA) is 91.6 Å². The van der Waals surface area contributed by atoms with Crippen LogP contribution >= 0.6 is 0 Å². The summed E-state index contributed by atoms with van der Waals surface area (Å²) in [6.07, 6.45) is 2.30. The molecule has 0 unspecified atom stereocenters. The Morgan fingerprint density at radius 3 is 2.83 bits per heavy atom. The fraction of sp³-hybridized carbons (Fsp3) is 0.273. The number of ether oxygens (including phenoxy) is 2. The Morgan fingerprint density at radius 2 is 2.28 bits per heavy atom. The summed E-state index contributed by atoms with van der Waals surface area (Å²) in [5.41, 5.74) is -0.177. The molecule has 96 valence electrons. The molecule has 0 aliphatic carbocycles. The zero-order valence-electron chi connectivity index (χ0n) is 9.95.